The molecule has 0 bridgehead atoms. The van der Waals surface area contributed by atoms with Gasteiger partial charge in [0.25, 0.3) is 0 Å². The van der Waals surface area contributed by atoms with Gasteiger partial charge < -0.3 is 5.11 Å². The standard InChI is InChI=1S/C14H20O/c1-13(2,3)12-6-4-5-11(9-12)10-14(15)7-8-14/h4-6,9,15H,7-8,10H2,1-3H3. The molecule has 1 heteroatoms. The van der Waals surface area contributed by atoms with Gasteiger partial charge in [0, 0.05) is 6.42 Å². The Labute approximate surface area is 92.1 Å². The highest BCUT2D eigenvalue weighted by atomic mass is 16.3. The molecule has 0 saturated heterocycles. The molecule has 0 radical (unpaired) electrons. The molecule has 1 nitrogen and oxygen atoms in total. The first-order chi connectivity index (χ1) is 6.89. The summed E-state index contributed by atoms with van der Waals surface area (Å²) in [6.07, 6.45) is 2.75. The predicted molar refractivity (Wildman–Crippen MR) is 63.0 cm³/mol. The summed E-state index contributed by atoms with van der Waals surface area (Å²) in [6.45, 7) is 6.66. The van der Waals surface area contributed by atoms with Crippen molar-refractivity contribution in [3.8, 4) is 0 Å². The summed E-state index contributed by atoms with van der Waals surface area (Å²) >= 11 is 0. The molecule has 0 aliphatic heterocycles. The van der Waals surface area contributed by atoms with Gasteiger partial charge in [-0.25, -0.2) is 0 Å². The smallest absolute Gasteiger partial charge is 0.0690 e. The number of rotatable bonds is 2. The highest BCUT2D eigenvalue weighted by molar-refractivity contribution is 5.30. The van der Waals surface area contributed by atoms with E-state index in [0.29, 0.717) is 0 Å². The van der Waals surface area contributed by atoms with Crippen molar-refractivity contribution in [2.45, 2.75) is 51.0 Å². The maximum Gasteiger partial charge on any atom is 0.0690 e. The maximum atomic E-state index is 9.88. The van der Waals surface area contributed by atoms with Gasteiger partial charge in [-0.15, -0.1) is 0 Å². The fourth-order valence-electron chi connectivity index (χ4n) is 1.85. The fourth-order valence-corrected chi connectivity index (χ4v) is 1.85. The molecule has 1 aliphatic carbocycles. The third kappa shape index (κ3) is 2.60. The van der Waals surface area contributed by atoms with Crippen molar-refractivity contribution in [1.29, 1.82) is 0 Å². The van der Waals surface area contributed by atoms with Crippen LogP contribution in [0.4, 0.5) is 0 Å². The minimum Gasteiger partial charge on any atom is -0.390 e. The molecule has 1 N–H and O–H groups in total. The van der Waals surface area contributed by atoms with Gasteiger partial charge in [-0.1, -0.05) is 45.0 Å². The van der Waals surface area contributed by atoms with Crippen LogP contribution in [0.5, 0.6) is 0 Å². The van der Waals surface area contributed by atoms with Crippen LogP contribution in [0.15, 0.2) is 24.3 Å². The van der Waals surface area contributed by atoms with Crippen molar-refractivity contribution in [3.63, 3.8) is 0 Å². The van der Waals surface area contributed by atoms with Gasteiger partial charge in [0.15, 0.2) is 0 Å². The largest absolute Gasteiger partial charge is 0.390 e. The lowest BCUT2D eigenvalue weighted by Gasteiger charge is -2.20. The van der Waals surface area contributed by atoms with E-state index in [0.717, 1.165) is 19.3 Å². The third-order valence-electron chi connectivity index (χ3n) is 3.15. The second kappa shape index (κ2) is 3.34. The van der Waals surface area contributed by atoms with E-state index in [1.807, 2.05) is 0 Å². The lowest BCUT2D eigenvalue weighted by molar-refractivity contribution is 0.151. The lowest BCUT2D eigenvalue weighted by Crippen LogP contribution is -2.14. The summed E-state index contributed by atoms with van der Waals surface area (Å²) in [6, 6.07) is 8.62. The first-order valence-electron chi connectivity index (χ1n) is 5.71. The topological polar surface area (TPSA) is 20.2 Å². The number of benzene rings is 1. The molecule has 2 rings (SSSR count). The molecule has 1 aromatic carbocycles. The Hall–Kier alpha value is -0.820. The van der Waals surface area contributed by atoms with Crippen molar-refractivity contribution < 1.29 is 5.11 Å². The summed E-state index contributed by atoms with van der Waals surface area (Å²) in [5.74, 6) is 0. The van der Waals surface area contributed by atoms with E-state index >= 15 is 0 Å². The molecule has 82 valence electrons. The average Bonchev–Trinajstić information content (AvgIpc) is 2.82. The van der Waals surface area contributed by atoms with Gasteiger partial charge >= 0.3 is 0 Å². The zero-order valence-corrected chi connectivity index (χ0v) is 9.88. The zero-order valence-electron chi connectivity index (χ0n) is 9.88. The normalized spacial score (nSPS) is 18.9. The molecule has 0 unspecified atom stereocenters. The van der Waals surface area contributed by atoms with Gasteiger partial charge in [0.05, 0.1) is 5.60 Å². The van der Waals surface area contributed by atoms with Crippen LogP contribution in [0.1, 0.15) is 44.7 Å². The van der Waals surface area contributed by atoms with E-state index in [1.54, 1.807) is 0 Å². The van der Waals surface area contributed by atoms with Gasteiger partial charge in [0.2, 0.25) is 0 Å². The first kappa shape index (κ1) is 10.7. The van der Waals surface area contributed by atoms with Crippen LogP contribution < -0.4 is 0 Å². The van der Waals surface area contributed by atoms with Crippen molar-refractivity contribution in [2.75, 3.05) is 0 Å². The van der Waals surface area contributed by atoms with E-state index in [4.69, 9.17) is 0 Å². The lowest BCUT2D eigenvalue weighted by atomic mass is 9.85. The molecular weight excluding hydrogens is 184 g/mol. The zero-order chi connectivity index (χ0) is 11.1. The Balaban J connectivity index is 2.19. The monoisotopic (exact) mass is 204 g/mol. The van der Waals surface area contributed by atoms with Crippen molar-refractivity contribution in [3.05, 3.63) is 35.4 Å². The third-order valence-corrected chi connectivity index (χ3v) is 3.15. The van der Waals surface area contributed by atoms with Gasteiger partial charge in [0.1, 0.15) is 0 Å². The first-order valence-corrected chi connectivity index (χ1v) is 5.71. The van der Waals surface area contributed by atoms with Crippen LogP contribution in [0.2, 0.25) is 0 Å². The summed E-state index contributed by atoms with van der Waals surface area (Å²) in [5, 5.41) is 9.88. The van der Waals surface area contributed by atoms with Crippen molar-refractivity contribution >= 4 is 0 Å². The quantitative estimate of drug-likeness (QED) is 0.785. The second-order valence-corrected chi connectivity index (χ2v) is 5.85. The van der Waals surface area contributed by atoms with Gasteiger partial charge in [-0.05, 0) is 29.4 Å². The van der Waals surface area contributed by atoms with E-state index in [9.17, 15) is 5.11 Å². The molecule has 1 aliphatic rings. The fraction of sp³-hybridized carbons (Fsp3) is 0.571. The highest BCUT2D eigenvalue weighted by Crippen LogP contribution is 2.38. The Morgan fingerprint density at radius 1 is 1.27 bits per heavy atom. The Morgan fingerprint density at radius 3 is 2.47 bits per heavy atom. The summed E-state index contributed by atoms with van der Waals surface area (Å²) in [7, 11) is 0. The number of hydrogen-bond acceptors (Lipinski definition) is 1. The van der Waals surface area contributed by atoms with Crippen LogP contribution in [-0.2, 0) is 11.8 Å². The van der Waals surface area contributed by atoms with Gasteiger partial charge in [-0.3, -0.25) is 0 Å². The molecule has 1 fully saturated rings. The van der Waals surface area contributed by atoms with Crippen molar-refractivity contribution in [1.82, 2.24) is 0 Å². The molecule has 0 heterocycles. The van der Waals surface area contributed by atoms with E-state index in [-0.39, 0.29) is 11.0 Å². The molecule has 1 saturated carbocycles. The molecule has 0 amide bonds. The minimum absolute atomic E-state index is 0.197. The molecule has 0 atom stereocenters. The summed E-state index contributed by atoms with van der Waals surface area (Å²) in [4.78, 5) is 0. The van der Waals surface area contributed by atoms with Gasteiger partial charge in [-0.2, -0.15) is 0 Å². The van der Waals surface area contributed by atoms with Crippen LogP contribution in [-0.4, -0.2) is 10.7 Å². The Kier molecular flexibility index (Phi) is 2.38. The highest BCUT2D eigenvalue weighted by Gasteiger charge is 2.40. The Morgan fingerprint density at radius 2 is 1.93 bits per heavy atom. The Bertz CT molecular complexity index is 356. The number of hydrogen-bond donors (Lipinski definition) is 1. The number of aliphatic hydroxyl groups is 1. The molecule has 1 aromatic rings. The van der Waals surface area contributed by atoms with Crippen LogP contribution in [0, 0.1) is 0 Å². The van der Waals surface area contributed by atoms with E-state index in [2.05, 4.69) is 45.0 Å². The maximum absolute atomic E-state index is 9.88. The van der Waals surface area contributed by atoms with Crippen molar-refractivity contribution in [2.24, 2.45) is 0 Å². The summed E-state index contributed by atoms with van der Waals surface area (Å²) in [5.41, 5.74) is 2.44. The molecule has 15 heavy (non-hydrogen) atoms. The molecule has 0 aromatic heterocycles. The molecular formula is C14H20O. The minimum atomic E-state index is -0.378. The second-order valence-electron chi connectivity index (χ2n) is 5.85. The van der Waals surface area contributed by atoms with Crippen LogP contribution in [0.3, 0.4) is 0 Å². The average molecular weight is 204 g/mol. The van der Waals surface area contributed by atoms with E-state index in [1.165, 1.54) is 11.1 Å². The van der Waals surface area contributed by atoms with Crippen LogP contribution >= 0.6 is 0 Å². The van der Waals surface area contributed by atoms with E-state index < -0.39 is 0 Å². The predicted octanol–water partition coefficient (Wildman–Crippen LogP) is 3.05. The van der Waals surface area contributed by atoms with Crippen LogP contribution in [0.25, 0.3) is 0 Å². The summed E-state index contributed by atoms with van der Waals surface area (Å²) < 4.78 is 0. The molecule has 0 spiro atoms. The SMILES string of the molecule is CC(C)(C)c1cccc(CC2(O)CC2)c1.